The van der Waals surface area contributed by atoms with Crippen molar-refractivity contribution in [3.05, 3.63) is 41.8 Å². The lowest BCUT2D eigenvalue weighted by Crippen LogP contribution is -2.48. The van der Waals surface area contributed by atoms with E-state index in [4.69, 9.17) is 9.72 Å². The van der Waals surface area contributed by atoms with Gasteiger partial charge >= 0.3 is 5.24 Å². The van der Waals surface area contributed by atoms with Gasteiger partial charge in [-0.25, -0.2) is 9.97 Å². The van der Waals surface area contributed by atoms with Gasteiger partial charge < -0.3 is 24.3 Å². The highest BCUT2D eigenvalue weighted by Gasteiger charge is 2.26. The van der Waals surface area contributed by atoms with Crippen molar-refractivity contribution >= 4 is 51.0 Å². The summed E-state index contributed by atoms with van der Waals surface area (Å²) in [6.07, 6.45) is 0. The van der Waals surface area contributed by atoms with Crippen LogP contribution in [0.5, 0.6) is 5.75 Å². The lowest BCUT2D eigenvalue weighted by atomic mass is 10.2. The van der Waals surface area contributed by atoms with E-state index in [1.54, 1.807) is 7.11 Å². The van der Waals surface area contributed by atoms with Gasteiger partial charge in [0.2, 0.25) is 0 Å². The molecule has 3 heterocycles. The molecular weight excluding hydrogens is 530 g/mol. The van der Waals surface area contributed by atoms with E-state index in [1.165, 1.54) is 11.3 Å². The number of nitrogens with zero attached hydrogens (tertiary/aromatic N) is 6. The predicted octanol–water partition coefficient (Wildman–Crippen LogP) is 5.91. The maximum atomic E-state index is 13.0. The minimum Gasteiger partial charge on any atom is -0.497 e. The van der Waals surface area contributed by atoms with Crippen LogP contribution in [0.1, 0.15) is 27.7 Å². The van der Waals surface area contributed by atoms with Crippen LogP contribution in [0, 0.1) is 0 Å². The van der Waals surface area contributed by atoms with E-state index in [9.17, 15) is 4.79 Å². The maximum Gasteiger partial charge on any atom is 0.302 e. The van der Waals surface area contributed by atoms with Crippen molar-refractivity contribution in [3.63, 3.8) is 0 Å². The smallest absolute Gasteiger partial charge is 0.302 e. The lowest BCUT2D eigenvalue weighted by molar-refractivity contribution is 0.219. The Hall–Kier alpha value is -3.18. The van der Waals surface area contributed by atoms with E-state index in [0.717, 1.165) is 85.5 Å². The number of rotatable bonds is 11. The second-order valence-electron chi connectivity index (χ2n) is 9.07. The zero-order valence-corrected chi connectivity index (χ0v) is 25.1. The second-order valence-corrected chi connectivity index (χ2v) is 10.7. The molecule has 4 rings (SSSR count). The van der Waals surface area contributed by atoms with Gasteiger partial charge in [-0.15, -0.1) is 11.3 Å². The third-order valence-electron chi connectivity index (χ3n) is 6.98. The fourth-order valence-corrected chi connectivity index (χ4v) is 6.08. The van der Waals surface area contributed by atoms with Crippen LogP contribution in [0.3, 0.4) is 0 Å². The Morgan fingerprint density at radius 3 is 2.23 bits per heavy atom. The minimum absolute atomic E-state index is 0.00432. The van der Waals surface area contributed by atoms with Crippen molar-refractivity contribution in [2.45, 2.75) is 27.7 Å². The number of hydrogen-bond donors (Lipinski definition) is 1. The van der Waals surface area contributed by atoms with Crippen LogP contribution >= 0.6 is 23.3 Å². The average Bonchev–Trinajstić information content (AvgIpc) is 3.47. The quantitative estimate of drug-likeness (QED) is 0.284. The highest BCUT2D eigenvalue weighted by molar-refractivity contribution is 8.14. The number of amides is 1. The number of anilines is 4. The number of piperazine rings is 1. The Labute approximate surface area is 240 Å². The number of pyridine rings is 1. The zero-order chi connectivity index (χ0) is 27.8. The highest BCUT2D eigenvalue weighted by Crippen LogP contribution is 2.32. The van der Waals surface area contributed by atoms with Crippen LogP contribution < -0.4 is 24.2 Å². The largest absolute Gasteiger partial charge is 0.497 e. The Balaban J connectivity index is 1.37. The van der Waals surface area contributed by atoms with Gasteiger partial charge in [0.1, 0.15) is 11.6 Å². The second kappa shape index (κ2) is 13.7. The summed E-state index contributed by atoms with van der Waals surface area (Å²) in [4.78, 5) is 31.6. The monoisotopic (exact) mass is 569 g/mol. The summed E-state index contributed by atoms with van der Waals surface area (Å²) >= 11 is 2.58. The molecule has 1 saturated heterocycles. The first-order valence-corrected chi connectivity index (χ1v) is 15.3. The van der Waals surface area contributed by atoms with Gasteiger partial charge in [-0.1, -0.05) is 0 Å². The van der Waals surface area contributed by atoms with Crippen molar-refractivity contribution in [3.8, 4) is 17.0 Å². The lowest BCUT2D eigenvalue weighted by Gasteiger charge is -2.37. The molecule has 210 valence electrons. The van der Waals surface area contributed by atoms with Crippen molar-refractivity contribution in [1.29, 1.82) is 0 Å². The van der Waals surface area contributed by atoms with Crippen molar-refractivity contribution in [2.75, 3.05) is 78.9 Å². The molecule has 1 amide bonds. The summed E-state index contributed by atoms with van der Waals surface area (Å²) in [5.74, 6) is 2.82. The molecule has 0 spiro atoms. The van der Waals surface area contributed by atoms with Crippen LogP contribution in [-0.4, -0.2) is 79.6 Å². The van der Waals surface area contributed by atoms with Gasteiger partial charge in [0.25, 0.3) is 0 Å². The maximum absolute atomic E-state index is 13.0. The molecule has 1 aliphatic rings. The molecule has 9 nitrogen and oxygen atoms in total. The van der Waals surface area contributed by atoms with Gasteiger partial charge in [-0.2, -0.15) is 0 Å². The zero-order valence-electron chi connectivity index (χ0n) is 23.5. The van der Waals surface area contributed by atoms with Gasteiger partial charge in [0, 0.05) is 75.2 Å². The Kier molecular flexibility index (Phi) is 10.2. The molecule has 3 aromatic rings. The molecule has 39 heavy (non-hydrogen) atoms. The molecule has 11 heteroatoms. The average molecular weight is 570 g/mol. The van der Waals surface area contributed by atoms with E-state index in [0.29, 0.717) is 18.2 Å². The van der Waals surface area contributed by atoms with Crippen molar-refractivity contribution in [1.82, 2.24) is 14.9 Å². The Morgan fingerprint density at radius 2 is 1.62 bits per heavy atom. The van der Waals surface area contributed by atoms with Gasteiger partial charge in [0.05, 0.1) is 18.5 Å². The van der Waals surface area contributed by atoms with Gasteiger partial charge in [-0.05, 0) is 64.1 Å². The predicted molar refractivity (Wildman–Crippen MR) is 166 cm³/mol. The van der Waals surface area contributed by atoms with Crippen LogP contribution in [0.2, 0.25) is 0 Å². The van der Waals surface area contributed by atoms with E-state index >= 15 is 0 Å². The van der Waals surface area contributed by atoms with E-state index in [2.05, 4.69) is 64.2 Å². The van der Waals surface area contributed by atoms with Crippen LogP contribution in [0.4, 0.5) is 27.2 Å². The molecule has 1 aliphatic heterocycles. The minimum atomic E-state index is 0.00432. The number of ether oxygens (including phenoxy) is 1. The third kappa shape index (κ3) is 6.88. The summed E-state index contributed by atoms with van der Waals surface area (Å²) in [7, 11) is 1.65. The highest BCUT2D eigenvalue weighted by atomic mass is 32.2. The number of nitrogens with one attached hydrogen (secondary N) is 1. The molecule has 1 aromatic carbocycles. The number of aromatic nitrogens is 2. The number of benzene rings is 1. The van der Waals surface area contributed by atoms with Crippen LogP contribution in [0.15, 0.2) is 41.8 Å². The van der Waals surface area contributed by atoms with Gasteiger partial charge in [0.15, 0.2) is 10.9 Å². The molecule has 2 aromatic heterocycles. The Morgan fingerprint density at radius 1 is 0.949 bits per heavy atom. The number of carbonyl (C=O) groups excluding carboxylic acids is 1. The first kappa shape index (κ1) is 28.8. The molecule has 1 fully saturated rings. The normalized spacial score (nSPS) is 13.4. The van der Waals surface area contributed by atoms with Crippen LogP contribution in [0.25, 0.3) is 11.3 Å². The third-order valence-corrected chi connectivity index (χ3v) is 8.60. The van der Waals surface area contributed by atoms with E-state index in [1.807, 2.05) is 34.5 Å². The first-order chi connectivity index (χ1) is 19.0. The number of methoxy groups -OCH3 is 1. The fourth-order valence-electron chi connectivity index (χ4n) is 4.67. The van der Waals surface area contributed by atoms with Crippen molar-refractivity contribution < 1.29 is 9.53 Å². The molecule has 0 unspecified atom stereocenters. The number of thiazole rings is 1. The number of hydrogen-bond acceptors (Lipinski definition) is 10. The molecule has 0 saturated carbocycles. The SMILES string of the molecule is CCN(CC)c1ccc(N(CC)CC)c(N2CCN(C(=O)SNc3nc(-c4ccc(OC)cc4)cs3)CC2)n1. The molecule has 0 aliphatic carbocycles. The fraction of sp³-hybridized carbons (Fsp3) is 0.464. The summed E-state index contributed by atoms with van der Waals surface area (Å²) in [6.45, 7) is 15.1. The van der Waals surface area contributed by atoms with E-state index < -0.39 is 0 Å². The molecule has 0 radical (unpaired) electrons. The van der Waals surface area contributed by atoms with Crippen LogP contribution in [-0.2, 0) is 0 Å². The topological polar surface area (TPSA) is 77.1 Å². The van der Waals surface area contributed by atoms with E-state index in [-0.39, 0.29) is 5.24 Å². The first-order valence-electron chi connectivity index (χ1n) is 13.6. The number of carbonyl (C=O) groups is 1. The summed E-state index contributed by atoms with van der Waals surface area (Å²) in [5, 5.41) is 2.70. The van der Waals surface area contributed by atoms with Gasteiger partial charge in [-0.3, -0.25) is 9.52 Å². The Bertz CT molecular complexity index is 1200. The summed E-state index contributed by atoms with van der Waals surface area (Å²) in [6, 6.07) is 12.1. The standard InChI is InChI=1S/C28H39N7O2S2/c1-6-32(7-2)24-14-15-25(33(8-3)9-4)30-26(24)34-16-18-35(19-17-34)28(36)39-31-27-29-23(20-38-27)21-10-12-22(37-5)13-11-21/h10-15,20H,6-9,16-19H2,1-5H3,(H,29,31). The van der Waals surface area contributed by atoms with Crippen molar-refractivity contribution in [2.24, 2.45) is 0 Å². The molecule has 0 bridgehead atoms. The molecule has 1 N–H and O–H groups in total. The molecular formula is C28H39N7O2S2. The summed E-state index contributed by atoms with van der Waals surface area (Å²) in [5.41, 5.74) is 3.04. The summed E-state index contributed by atoms with van der Waals surface area (Å²) < 4.78 is 8.37. The molecule has 0 atom stereocenters.